The molecule has 0 nitrogen and oxygen atoms in total. The summed E-state index contributed by atoms with van der Waals surface area (Å²) in [5.41, 5.74) is 0. The molecule has 0 saturated carbocycles. The monoisotopic (exact) mass is 350 g/mol. The zero-order valence-corrected chi connectivity index (χ0v) is 17.8. The first kappa shape index (κ1) is 25.0. The minimum atomic E-state index is 1.12. The predicted molar refractivity (Wildman–Crippen MR) is 117 cm³/mol. The van der Waals surface area contributed by atoms with E-state index in [1.165, 1.54) is 135 Å². The highest BCUT2D eigenvalue weighted by atomic mass is 14.0. The molecule has 0 fully saturated rings. The van der Waals surface area contributed by atoms with Crippen molar-refractivity contribution in [2.75, 3.05) is 0 Å². The van der Waals surface area contributed by atoms with Crippen molar-refractivity contribution in [3.05, 3.63) is 13.3 Å². The van der Waals surface area contributed by atoms with Crippen LogP contribution in [0.1, 0.15) is 148 Å². The highest BCUT2D eigenvalue weighted by Gasteiger charge is 1.95. The lowest BCUT2D eigenvalue weighted by Gasteiger charge is -2.04. The molecule has 0 N–H and O–H groups in total. The molecule has 0 bridgehead atoms. The van der Waals surface area contributed by atoms with Gasteiger partial charge in [-0.05, 0) is 6.42 Å². The van der Waals surface area contributed by atoms with Crippen molar-refractivity contribution in [1.29, 1.82) is 0 Å². The van der Waals surface area contributed by atoms with Crippen molar-refractivity contribution in [2.24, 2.45) is 0 Å². The van der Waals surface area contributed by atoms with E-state index < -0.39 is 0 Å². The molecule has 150 valence electrons. The Hall–Kier alpha value is 0. The number of unbranched alkanes of at least 4 members (excludes halogenated alkanes) is 22. The van der Waals surface area contributed by atoms with E-state index in [4.69, 9.17) is 0 Å². The van der Waals surface area contributed by atoms with Gasteiger partial charge in [-0.25, -0.2) is 0 Å². The molecule has 0 rings (SSSR count). The molecule has 0 spiro atoms. The summed E-state index contributed by atoms with van der Waals surface area (Å²) in [4.78, 5) is 0. The van der Waals surface area contributed by atoms with Crippen LogP contribution in [-0.4, -0.2) is 0 Å². The highest BCUT2D eigenvalue weighted by Crippen LogP contribution is 2.14. The minimum absolute atomic E-state index is 1.12. The molecular formula is C25H50. The number of hydrogen-bond acceptors (Lipinski definition) is 0. The van der Waals surface area contributed by atoms with Crippen LogP contribution in [0.15, 0.2) is 0 Å². The topological polar surface area (TPSA) is 0 Å². The van der Waals surface area contributed by atoms with E-state index in [9.17, 15) is 0 Å². The maximum atomic E-state index is 3.90. The zero-order valence-electron chi connectivity index (χ0n) is 17.8. The molecule has 0 saturated heterocycles. The Morgan fingerprint density at radius 1 is 0.440 bits per heavy atom. The number of rotatable bonds is 22. The van der Waals surface area contributed by atoms with Gasteiger partial charge in [-0.2, -0.15) is 0 Å². The maximum absolute atomic E-state index is 3.90. The second-order valence-corrected chi connectivity index (χ2v) is 8.08. The predicted octanol–water partition coefficient (Wildman–Crippen LogP) is 9.63. The van der Waals surface area contributed by atoms with E-state index >= 15 is 0 Å². The average molecular weight is 351 g/mol. The molecule has 0 atom stereocenters. The SMILES string of the molecule is [CH2]CCCCCCCCCCC[CH]CCCCCCCCCCCC. The van der Waals surface area contributed by atoms with E-state index in [0.29, 0.717) is 0 Å². The van der Waals surface area contributed by atoms with Crippen LogP contribution in [0.3, 0.4) is 0 Å². The van der Waals surface area contributed by atoms with E-state index in [2.05, 4.69) is 20.3 Å². The summed E-state index contributed by atoms with van der Waals surface area (Å²) >= 11 is 0. The summed E-state index contributed by atoms with van der Waals surface area (Å²) in [5.74, 6) is 0. The van der Waals surface area contributed by atoms with Crippen molar-refractivity contribution in [3.63, 3.8) is 0 Å². The Morgan fingerprint density at radius 2 is 0.760 bits per heavy atom. The fourth-order valence-electron chi connectivity index (χ4n) is 3.62. The standard InChI is InChI=1S/C25H50/c1-3-5-7-9-11-13-15-17-19-21-23-25-24-22-20-18-16-14-12-10-8-6-4-2/h25H,1,3-24H2,2H3. The fraction of sp³-hybridized carbons (Fsp3) is 0.920. The molecule has 0 heteroatoms. The third-order valence-electron chi connectivity index (χ3n) is 5.42. The largest absolute Gasteiger partial charge is 0.0654 e. The molecule has 0 aliphatic carbocycles. The van der Waals surface area contributed by atoms with E-state index in [0.717, 1.165) is 6.42 Å². The summed E-state index contributed by atoms with van der Waals surface area (Å²) in [6.07, 6.45) is 33.8. The highest BCUT2D eigenvalue weighted by molar-refractivity contribution is 4.64. The van der Waals surface area contributed by atoms with Gasteiger partial charge in [0.05, 0.1) is 0 Å². The zero-order chi connectivity index (χ0) is 18.3. The first-order chi connectivity index (χ1) is 12.4. The third kappa shape index (κ3) is 24.0. The van der Waals surface area contributed by atoms with Crippen molar-refractivity contribution >= 4 is 0 Å². The van der Waals surface area contributed by atoms with Crippen LogP contribution in [-0.2, 0) is 0 Å². The fourth-order valence-corrected chi connectivity index (χ4v) is 3.62. The lowest BCUT2D eigenvalue weighted by atomic mass is 10.0. The molecule has 25 heavy (non-hydrogen) atoms. The molecule has 0 aromatic rings. The van der Waals surface area contributed by atoms with Crippen molar-refractivity contribution in [2.45, 2.75) is 148 Å². The molecule has 0 aliphatic heterocycles. The van der Waals surface area contributed by atoms with Gasteiger partial charge in [0.1, 0.15) is 0 Å². The Bertz CT molecular complexity index is 186. The minimum Gasteiger partial charge on any atom is -0.0654 e. The summed E-state index contributed by atoms with van der Waals surface area (Å²) in [7, 11) is 0. The summed E-state index contributed by atoms with van der Waals surface area (Å²) in [6, 6.07) is 0. The average Bonchev–Trinajstić information content (AvgIpc) is 2.63. The van der Waals surface area contributed by atoms with Gasteiger partial charge in [0, 0.05) is 0 Å². The van der Waals surface area contributed by atoms with Gasteiger partial charge in [-0.1, -0.05) is 155 Å². The van der Waals surface area contributed by atoms with Crippen LogP contribution in [0.5, 0.6) is 0 Å². The van der Waals surface area contributed by atoms with Crippen molar-refractivity contribution in [1.82, 2.24) is 0 Å². The van der Waals surface area contributed by atoms with Gasteiger partial charge in [-0.15, -0.1) is 0 Å². The van der Waals surface area contributed by atoms with Crippen LogP contribution < -0.4 is 0 Å². The molecule has 0 aliphatic rings. The molecule has 0 amide bonds. The smallest absolute Gasteiger partial charge is 0.0386 e. The molecular weight excluding hydrogens is 300 g/mol. The first-order valence-electron chi connectivity index (χ1n) is 12.0. The summed E-state index contributed by atoms with van der Waals surface area (Å²) in [5, 5.41) is 0. The van der Waals surface area contributed by atoms with Gasteiger partial charge >= 0.3 is 0 Å². The molecule has 0 aromatic heterocycles. The molecule has 2 radical (unpaired) electrons. The second-order valence-electron chi connectivity index (χ2n) is 8.08. The summed E-state index contributed by atoms with van der Waals surface area (Å²) in [6.45, 7) is 6.20. The Kier molecular flexibility index (Phi) is 24.0. The lowest BCUT2D eigenvalue weighted by molar-refractivity contribution is 0.546. The third-order valence-corrected chi connectivity index (χ3v) is 5.42. The Balaban J connectivity index is 2.94. The maximum Gasteiger partial charge on any atom is -0.0386 e. The molecule has 0 unspecified atom stereocenters. The van der Waals surface area contributed by atoms with Gasteiger partial charge in [0.15, 0.2) is 0 Å². The lowest BCUT2D eigenvalue weighted by Crippen LogP contribution is -1.85. The van der Waals surface area contributed by atoms with Gasteiger partial charge < -0.3 is 0 Å². The second kappa shape index (κ2) is 24.0. The van der Waals surface area contributed by atoms with Crippen molar-refractivity contribution < 1.29 is 0 Å². The van der Waals surface area contributed by atoms with E-state index in [1.54, 1.807) is 0 Å². The van der Waals surface area contributed by atoms with Crippen LogP contribution in [0.25, 0.3) is 0 Å². The Morgan fingerprint density at radius 3 is 1.12 bits per heavy atom. The van der Waals surface area contributed by atoms with Gasteiger partial charge in [-0.3, -0.25) is 0 Å². The van der Waals surface area contributed by atoms with E-state index in [1.807, 2.05) is 0 Å². The van der Waals surface area contributed by atoms with Crippen LogP contribution in [0.2, 0.25) is 0 Å². The van der Waals surface area contributed by atoms with Crippen LogP contribution in [0, 0.1) is 13.3 Å². The number of hydrogen-bond donors (Lipinski definition) is 0. The van der Waals surface area contributed by atoms with Gasteiger partial charge in [0.25, 0.3) is 0 Å². The van der Waals surface area contributed by atoms with Crippen LogP contribution >= 0.6 is 0 Å². The first-order valence-corrected chi connectivity index (χ1v) is 12.0. The quantitative estimate of drug-likeness (QED) is 0.170. The molecule has 0 aromatic carbocycles. The van der Waals surface area contributed by atoms with Crippen molar-refractivity contribution in [3.8, 4) is 0 Å². The van der Waals surface area contributed by atoms with Crippen LogP contribution in [0.4, 0.5) is 0 Å². The van der Waals surface area contributed by atoms with E-state index in [-0.39, 0.29) is 0 Å². The molecule has 0 heterocycles. The van der Waals surface area contributed by atoms with Gasteiger partial charge in [0.2, 0.25) is 0 Å². The normalized spacial score (nSPS) is 11.3. The Labute approximate surface area is 161 Å². The summed E-state index contributed by atoms with van der Waals surface area (Å²) < 4.78 is 0.